The second kappa shape index (κ2) is 9.57. The summed E-state index contributed by atoms with van der Waals surface area (Å²) in [7, 11) is 0. The van der Waals surface area contributed by atoms with Crippen LogP contribution in [-0.4, -0.2) is 22.6 Å². The summed E-state index contributed by atoms with van der Waals surface area (Å²) in [5.41, 5.74) is 11.2. The fraction of sp³-hybridized carbons (Fsp3) is 0.316. The lowest BCUT2D eigenvalue weighted by atomic mass is 9.97. The number of azide groups is 1. The van der Waals surface area contributed by atoms with Gasteiger partial charge in [0, 0.05) is 22.5 Å². The average molecular weight is 385 g/mol. The molecule has 134 valence electrons. The number of nitrogens with zero attached hydrogens (tertiary/aromatic N) is 3. The summed E-state index contributed by atoms with van der Waals surface area (Å²) in [6.07, 6.45) is 0.782. The second-order valence-electron chi connectivity index (χ2n) is 6.02. The van der Waals surface area contributed by atoms with E-state index in [1.165, 1.54) is 11.1 Å². The van der Waals surface area contributed by atoms with Crippen LogP contribution in [0.3, 0.4) is 0 Å². The summed E-state index contributed by atoms with van der Waals surface area (Å²) in [6.45, 7) is 0. The summed E-state index contributed by atoms with van der Waals surface area (Å²) < 4.78 is 0.303. The van der Waals surface area contributed by atoms with Crippen LogP contribution in [0.1, 0.15) is 17.5 Å². The van der Waals surface area contributed by atoms with Gasteiger partial charge in [0.05, 0.1) is 4.58 Å². The smallest absolute Gasteiger partial charge is 0.231 e. The molecule has 0 radical (unpaired) electrons. The summed E-state index contributed by atoms with van der Waals surface area (Å²) in [5, 5.41) is 6.51. The molecule has 1 aliphatic heterocycles. The highest BCUT2D eigenvalue weighted by molar-refractivity contribution is 8.16. The molecule has 0 saturated carbocycles. The van der Waals surface area contributed by atoms with Crippen LogP contribution in [0.5, 0.6) is 0 Å². The van der Waals surface area contributed by atoms with Crippen molar-refractivity contribution in [1.82, 2.24) is 5.32 Å². The summed E-state index contributed by atoms with van der Waals surface area (Å²) in [6, 6.07) is 20.1. The number of β-lactam (4-membered cyclic amide) rings is 1. The molecule has 0 bridgehead atoms. The third-order valence-electron chi connectivity index (χ3n) is 4.16. The first-order valence-corrected chi connectivity index (χ1v) is 10.5. The lowest BCUT2D eigenvalue weighted by Crippen LogP contribution is -2.61. The van der Waals surface area contributed by atoms with Crippen molar-refractivity contribution < 1.29 is 4.79 Å². The maximum absolute atomic E-state index is 11.6. The Morgan fingerprint density at radius 2 is 1.54 bits per heavy atom. The first-order valence-electron chi connectivity index (χ1n) is 8.42. The first-order chi connectivity index (χ1) is 12.8. The number of amides is 1. The Labute approximate surface area is 161 Å². The largest absolute Gasteiger partial charge is 0.352 e. The van der Waals surface area contributed by atoms with Crippen molar-refractivity contribution >= 4 is 29.4 Å². The van der Waals surface area contributed by atoms with Crippen LogP contribution >= 0.6 is 23.5 Å². The zero-order valence-electron chi connectivity index (χ0n) is 14.2. The molecule has 7 heteroatoms. The Hall–Kier alpha value is -2.08. The highest BCUT2D eigenvalue weighted by Gasteiger charge is 2.39. The van der Waals surface area contributed by atoms with Crippen molar-refractivity contribution in [2.45, 2.75) is 34.6 Å². The highest BCUT2D eigenvalue weighted by Crippen LogP contribution is 2.35. The molecule has 0 aromatic heterocycles. The van der Waals surface area contributed by atoms with Gasteiger partial charge in [0.15, 0.2) is 0 Å². The van der Waals surface area contributed by atoms with Crippen LogP contribution in [0.4, 0.5) is 0 Å². The molecule has 26 heavy (non-hydrogen) atoms. The third-order valence-corrected chi connectivity index (χ3v) is 7.10. The molecule has 3 rings (SSSR count). The van der Waals surface area contributed by atoms with Gasteiger partial charge in [-0.25, -0.2) is 0 Å². The highest BCUT2D eigenvalue weighted by atomic mass is 32.2. The summed E-state index contributed by atoms with van der Waals surface area (Å²) in [5.74, 6) is 1.66. The van der Waals surface area contributed by atoms with Gasteiger partial charge in [-0.2, -0.15) is 0 Å². The van der Waals surface area contributed by atoms with E-state index < -0.39 is 6.04 Å². The Morgan fingerprint density at radius 3 is 2.00 bits per heavy atom. The molecule has 1 N–H and O–H groups in total. The molecule has 2 aromatic carbocycles. The molecule has 0 spiro atoms. The molecular weight excluding hydrogens is 364 g/mol. The van der Waals surface area contributed by atoms with E-state index in [2.05, 4.69) is 39.6 Å². The Bertz CT molecular complexity index is 720. The van der Waals surface area contributed by atoms with Crippen LogP contribution in [-0.2, 0) is 16.3 Å². The molecule has 0 aliphatic carbocycles. The second-order valence-corrected chi connectivity index (χ2v) is 8.70. The maximum Gasteiger partial charge on any atom is 0.231 e. The monoisotopic (exact) mass is 384 g/mol. The Balaban J connectivity index is 1.60. The van der Waals surface area contributed by atoms with Crippen molar-refractivity contribution in [2.75, 3.05) is 0 Å². The van der Waals surface area contributed by atoms with E-state index in [-0.39, 0.29) is 11.9 Å². The van der Waals surface area contributed by atoms with Gasteiger partial charge in [-0.15, -0.1) is 23.5 Å². The number of carbonyl (C=O) groups excluding carboxylic acids is 1. The topological polar surface area (TPSA) is 77.9 Å². The van der Waals surface area contributed by atoms with Gasteiger partial charge >= 0.3 is 0 Å². The van der Waals surface area contributed by atoms with E-state index in [0.29, 0.717) is 4.58 Å². The summed E-state index contributed by atoms with van der Waals surface area (Å²) in [4.78, 5) is 14.4. The minimum absolute atomic E-state index is 0.0741. The molecule has 5 nitrogen and oxygen atoms in total. The fourth-order valence-electron chi connectivity index (χ4n) is 2.73. The van der Waals surface area contributed by atoms with Crippen molar-refractivity contribution in [3.8, 4) is 0 Å². The fourth-order valence-corrected chi connectivity index (χ4v) is 5.35. The zero-order valence-corrected chi connectivity index (χ0v) is 15.8. The van der Waals surface area contributed by atoms with E-state index in [9.17, 15) is 4.79 Å². The quantitative estimate of drug-likeness (QED) is 0.223. The molecular formula is C19H20N4OS2. The lowest BCUT2D eigenvalue weighted by molar-refractivity contribution is -0.130. The molecule has 0 unspecified atom stereocenters. The molecule has 1 aliphatic rings. The van der Waals surface area contributed by atoms with Gasteiger partial charge in [0.2, 0.25) is 5.91 Å². The van der Waals surface area contributed by atoms with E-state index in [0.717, 1.165) is 17.9 Å². The third kappa shape index (κ3) is 5.21. The van der Waals surface area contributed by atoms with E-state index in [4.69, 9.17) is 5.53 Å². The minimum atomic E-state index is -0.572. The molecule has 1 fully saturated rings. The van der Waals surface area contributed by atoms with Gasteiger partial charge in [0.25, 0.3) is 0 Å². The van der Waals surface area contributed by atoms with Crippen molar-refractivity contribution in [3.63, 3.8) is 0 Å². The normalized spacial score (nSPS) is 18.7. The maximum atomic E-state index is 11.6. The predicted molar refractivity (Wildman–Crippen MR) is 109 cm³/mol. The number of thioether (sulfide) groups is 2. The molecule has 2 aromatic rings. The van der Waals surface area contributed by atoms with E-state index in [1.807, 2.05) is 59.9 Å². The molecule has 1 saturated heterocycles. The van der Waals surface area contributed by atoms with Gasteiger partial charge in [-0.1, -0.05) is 65.8 Å². The Morgan fingerprint density at radius 1 is 1.00 bits per heavy atom. The number of rotatable bonds is 9. The molecule has 1 amide bonds. The number of hydrogen-bond donors (Lipinski definition) is 1. The van der Waals surface area contributed by atoms with Crippen LogP contribution < -0.4 is 5.32 Å². The first kappa shape index (κ1) is 18.7. The number of hydrogen-bond acceptors (Lipinski definition) is 4. The van der Waals surface area contributed by atoms with Crippen LogP contribution in [0.15, 0.2) is 65.8 Å². The Kier molecular flexibility index (Phi) is 6.89. The molecule has 2 atom stereocenters. The van der Waals surface area contributed by atoms with Crippen molar-refractivity contribution in [3.05, 3.63) is 82.2 Å². The van der Waals surface area contributed by atoms with Gasteiger partial charge in [-0.05, 0) is 23.1 Å². The van der Waals surface area contributed by atoms with Crippen molar-refractivity contribution in [1.29, 1.82) is 0 Å². The van der Waals surface area contributed by atoms with Gasteiger partial charge in [-0.3, -0.25) is 4.79 Å². The van der Waals surface area contributed by atoms with Crippen LogP contribution in [0, 0.1) is 0 Å². The van der Waals surface area contributed by atoms with E-state index >= 15 is 0 Å². The lowest BCUT2D eigenvalue weighted by Gasteiger charge is -2.35. The number of nitrogens with one attached hydrogen (secondary N) is 1. The summed E-state index contributed by atoms with van der Waals surface area (Å²) >= 11 is 3.74. The minimum Gasteiger partial charge on any atom is -0.352 e. The standard InChI is InChI=1S/C19H20N4OS2/c20-23-22-18-16(21-19(18)24)11-17(25-12-14-7-3-1-4-8-14)26-13-15-9-5-2-6-10-15/h1-10,16-18H,11-13H2,(H,21,24)/t16-,18+/m0/s1. The van der Waals surface area contributed by atoms with Crippen molar-refractivity contribution in [2.24, 2.45) is 5.11 Å². The predicted octanol–water partition coefficient (Wildman–Crippen LogP) is 4.75. The SMILES string of the molecule is [N-]=[N+]=N[C@H]1C(=O)N[C@H]1CC(SCc1ccccc1)SCc1ccccc1. The van der Waals surface area contributed by atoms with Crippen LogP contribution in [0.2, 0.25) is 0 Å². The zero-order chi connectivity index (χ0) is 18.2. The van der Waals surface area contributed by atoms with Gasteiger partial charge in [0.1, 0.15) is 6.04 Å². The number of benzene rings is 2. The van der Waals surface area contributed by atoms with E-state index in [1.54, 1.807) is 0 Å². The average Bonchev–Trinajstić information content (AvgIpc) is 2.69. The molecule has 1 heterocycles. The number of carbonyl (C=O) groups is 1. The van der Waals surface area contributed by atoms with Crippen LogP contribution in [0.25, 0.3) is 10.4 Å². The van der Waals surface area contributed by atoms with Gasteiger partial charge < -0.3 is 5.32 Å².